The smallest absolute Gasteiger partial charge is 0.223 e. The van der Waals surface area contributed by atoms with Crippen molar-refractivity contribution in [2.75, 3.05) is 19.8 Å². The van der Waals surface area contributed by atoms with Gasteiger partial charge in [-0.25, -0.2) is 9.97 Å². The second-order valence-corrected chi connectivity index (χ2v) is 4.09. The lowest BCUT2D eigenvalue weighted by atomic mass is 10.2. The Morgan fingerprint density at radius 2 is 2.47 bits per heavy atom. The first-order valence-corrected chi connectivity index (χ1v) is 5.89. The van der Waals surface area contributed by atoms with E-state index in [1.807, 2.05) is 24.8 Å². The van der Waals surface area contributed by atoms with Gasteiger partial charge >= 0.3 is 0 Å². The third kappa shape index (κ3) is 2.61. The van der Waals surface area contributed by atoms with Gasteiger partial charge in [0.2, 0.25) is 5.91 Å². The number of carbonyl (C=O) groups is 1. The van der Waals surface area contributed by atoms with Crippen molar-refractivity contribution in [1.29, 1.82) is 0 Å². The Morgan fingerprint density at radius 3 is 3.18 bits per heavy atom. The monoisotopic (exact) mass is 235 g/mol. The lowest BCUT2D eigenvalue weighted by Gasteiger charge is -2.34. The van der Waals surface area contributed by atoms with E-state index in [4.69, 9.17) is 4.74 Å². The molecule has 2 rings (SSSR count). The van der Waals surface area contributed by atoms with E-state index < -0.39 is 0 Å². The largest absolute Gasteiger partial charge is 0.377 e. The summed E-state index contributed by atoms with van der Waals surface area (Å²) in [6.07, 6.45) is 2.23. The van der Waals surface area contributed by atoms with Crippen LogP contribution in [-0.2, 0) is 9.53 Å². The number of amides is 1. The zero-order chi connectivity index (χ0) is 12.3. The molecule has 0 spiro atoms. The highest BCUT2D eigenvalue weighted by molar-refractivity contribution is 5.76. The predicted molar refractivity (Wildman–Crippen MR) is 62.3 cm³/mol. The molecule has 0 N–H and O–H groups in total. The predicted octanol–water partition coefficient (Wildman–Crippen LogP) is 1.09. The number of morpholine rings is 1. The zero-order valence-electron chi connectivity index (χ0n) is 10.2. The minimum Gasteiger partial charge on any atom is -0.377 e. The maximum Gasteiger partial charge on any atom is 0.223 e. The SMILES string of the molecule is CCC(=O)N1CCOC[C@@H]1c1nccc(C)n1. The lowest BCUT2D eigenvalue weighted by Crippen LogP contribution is -2.43. The molecule has 1 aromatic rings. The first-order valence-electron chi connectivity index (χ1n) is 5.89. The van der Waals surface area contributed by atoms with Crippen molar-refractivity contribution in [3.8, 4) is 0 Å². The summed E-state index contributed by atoms with van der Waals surface area (Å²) >= 11 is 0. The summed E-state index contributed by atoms with van der Waals surface area (Å²) in [5.74, 6) is 0.801. The van der Waals surface area contributed by atoms with Crippen molar-refractivity contribution in [3.63, 3.8) is 0 Å². The van der Waals surface area contributed by atoms with Crippen LogP contribution in [0.5, 0.6) is 0 Å². The Kier molecular flexibility index (Phi) is 3.68. The van der Waals surface area contributed by atoms with Crippen LogP contribution in [0.15, 0.2) is 12.3 Å². The Labute approximate surface area is 101 Å². The van der Waals surface area contributed by atoms with Crippen LogP contribution < -0.4 is 0 Å². The lowest BCUT2D eigenvalue weighted by molar-refractivity contribution is -0.140. The molecule has 5 nitrogen and oxygen atoms in total. The van der Waals surface area contributed by atoms with Crippen molar-refractivity contribution in [1.82, 2.24) is 14.9 Å². The summed E-state index contributed by atoms with van der Waals surface area (Å²) in [4.78, 5) is 22.3. The van der Waals surface area contributed by atoms with E-state index in [0.717, 1.165) is 5.69 Å². The average molecular weight is 235 g/mol. The van der Waals surface area contributed by atoms with E-state index in [1.165, 1.54) is 0 Å². The third-order valence-corrected chi connectivity index (χ3v) is 2.86. The summed E-state index contributed by atoms with van der Waals surface area (Å²) in [6.45, 7) is 5.48. The Bertz CT molecular complexity index is 408. The summed E-state index contributed by atoms with van der Waals surface area (Å²) in [7, 11) is 0. The minimum absolute atomic E-state index is 0.128. The fourth-order valence-corrected chi connectivity index (χ4v) is 1.95. The molecule has 1 aliphatic rings. The van der Waals surface area contributed by atoms with Gasteiger partial charge in [0, 0.05) is 24.9 Å². The molecule has 92 valence electrons. The number of carbonyl (C=O) groups excluding carboxylic acids is 1. The van der Waals surface area contributed by atoms with Gasteiger partial charge in [0.15, 0.2) is 5.82 Å². The Balaban J connectivity index is 2.24. The van der Waals surface area contributed by atoms with Crippen LogP contribution >= 0.6 is 0 Å². The molecule has 1 fully saturated rings. The molecule has 0 saturated carbocycles. The average Bonchev–Trinajstić information content (AvgIpc) is 2.38. The normalized spacial score (nSPS) is 20.4. The molecule has 2 heterocycles. The second-order valence-electron chi connectivity index (χ2n) is 4.09. The van der Waals surface area contributed by atoms with Crippen molar-refractivity contribution in [2.45, 2.75) is 26.3 Å². The molecule has 17 heavy (non-hydrogen) atoms. The molecule has 1 amide bonds. The van der Waals surface area contributed by atoms with Gasteiger partial charge in [-0.3, -0.25) is 4.79 Å². The van der Waals surface area contributed by atoms with E-state index in [-0.39, 0.29) is 11.9 Å². The molecule has 0 aromatic carbocycles. The van der Waals surface area contributed by atoms with Crippen molar-refractivity contribution >= 4 is 5.91 Å². The van der Waals surface area contributed by atoms with Crippen LogP contribution in [-0.4, -0.2) is 40.5 Å². The highest BCUT2D eigenvalue weighted by Crippen LogP contribution is 2.21. The van der Waals surface area contributed by atoms with E-state index >= 15 is 0 Å². The van der Waals surface area contributed by atoms with Gasteiger partial charge in [-0.2, -0.15) is 0 Å². The number of aryl methyl sites for hydroxylation is 1. The van der Waals surface area contributed by atoms with Crippen LogP contribution in [0.1, 0.15) is 30.9 Å². The molecule has 1 saturated heterocycles. The molecule has 5 heteroatoms. The Morgan fingerprint density at radius 1 is 1.65 bits per heavy atom. The van der Waals surface area contributed by atoms with Crippen molar-refractivity contribution < 1.29 is 9.53 Å². The van der Waals surface area contributed by atoms with Crippen LogP contribution in [0.25, 0.3) is 0 Å². The topological polar surface area (TPSA) is 55.3 Å². The number of hydrogen-bond donors (Lipinski definition) is 0. The van der Waals surface area contributed by atoms with Gasteiger partial charge in [-0.1, -0.05) is 6.92 Å². The molecular weight excluding hydrogens is 218 g/mol. The fraction of sp³-hybridized carbons (Fsp3) is 0.583. The number of aromatic nitrogens is 2. The summed E-state index contributed by atoms with van der Waals surface area (Å²) in [5.41, 5.74) is 0.907. The van der Waals surface area contributed by atoms with Crippen molar-refractivity contribution in [3.05, 3.63) is 23.8 Å². The molecule has 0 aliphatic carbocycles. The molecule has 1 aliphatic heterocycles. The fourth-order valence-electron chi connectivity index (χ4n) is 1.95. The standard InChI is InChI=1S/C12H17N3O2/c1-3-11(16)15-6-7-17-8-10(15)12-13-5-4-9(2)14-12/h4-5,10H,3,6-8H2,1-2H3/t10-/m1/s1. The van der Waals surface area contributed by atoms with E-state index in [9.17, 15) is 4.79 Å². The van der Waals surface area contributed by atoms with E-state index in [2.05, 4.69) is 9.97 Å². The maximum absolute atomic E-state index is 11.9. The Hall–Kier alpha value is -1.49. The molecule has 1 atom stereocenters. The van der Waals surface area contributed by atoms with Crippen LogP contribution in [0.2, 0.25) is 0 Å². The number of hydrogen-bond acceptors (Lipinski definition) is 4. The number of nitrogens with zero attached hydrogens (tertiary/aromatic N) is 3. The summed E-state index contributed by atoms with van der Waals surface area (Å²) in [6, 6.07) is 1.70. The first-order chi connectivity index (χ1) is 8.22. The molecule has 0 bridgehead atoms. The van der Waals surface area contributed by atoms with Crippen molar-refractivity contribution in [2.24, 2.45) is 0 Å². The second kappa shape index (κ2) is 5.23. The quantitative estimate of drug-likeness (QED) is 0.770. The van der Waals surface area contributed by atoms with E-state index in [0.29, 0.717) is 32.0 Å². The first kappa shape index (κ1) is 12.0. The third-order valence-electron chi connectivity index (χ3n) is 2.86. The van der Waals surface area contributed by atoms with Gasteiger partial charge < -0.3 is 9.64 Å². The molecule has 0 radical (unpaired) electrons. The molecule has 0 unspecified atom stereocenters. The highest BCUT2D eigenvalue weighted by atomic mass is 16.5. The molecular formula is C12H17N3O2. The van der Waals surface area contributed by atoms with Gasteiger partial charge in [0.25, 0.3) is 0 Å². The summed E-state index contributed by atoms with van der Waals surface area (Å²) < 4.78 is 5.43. The van der Waals surface area contributed by atoms with Gasteiger partial charge in [-0.05, 0) is 13.0 Å². The number of ether oxygens (including phenoxy) is 1. The van der Waals surface area contributed by atoms with Gasteiger partial charge in [0.1, 0.15) is 6.04 Å². The van der Waals surface area contributed by atoms with Crippen LogP contribution in [0, 0.1) is 6.92 Å². The molecule has 1 aromatic heterocycles. The maximum atomic E-state index is 11.9. The highest BCUT2D eigenvalue weighted by Gasteiger charge is 2.29. The minimum atomic E-state index is -0.143. The number of rotatable bonds is 2. The van der Waals surface area contributed by atoms with Crippen LogP contribution in [0.3, 0.4) is 0 Å². The van der Waals surface area contributed by atoms with Gasteiger partial charge in [-0.15, -0.1) is 0 Å². The van der Waals surface area contributed by atoms with Crippen LogP contribution in [0.4, 0.5) is 0 Å². The zero-order valence-corrected chi connectivity index (χ0v) is 10.2. The summed E-state index contributed by atoms with van der Waals surface area (Å²) in [5, 5.41) is 0. The van der Waals surface area contributed by atoms with E-state index in [1.54, 1.807) is 6.20 Å². The van der Waals surface area contributed by atoms with Gasteiger partial charge in [0.05, 0.1) is 13.2 Å².